The number of nitrogens with one attached hydrogen (secondary N) is 4. The lowest BCUT2D eigenvalue weighted by molar-refractivity contribution is -0.119. The second-order valence-electron chi connectivity index (χ2n) is 17.0. The summed E-state index contributed by atoms with van der Waals surface area (Å²) >= 11 is 12.5. The van der Waals surface area contributed by atoms with Crippen LogP contribution in [0.15, 0.2) is 92.4 Å². The zero-order chi connectivity index (χ0) is 59.1. The monoisotopic (exact) mass is 1220 g/mol. The Morgan fingerprint density at radius 2 is 0.775 bits per heavy atom. The van der Waals surface area contributed by atoms with E-state index in [2.05, 4.69) is 51.2 Å². The summed E-state index contributed by atoms with van der Waals surface area (Å²) in [6, 6.07) is 14.7. The van der Waals surface area contributed by atoms with Gasteiger partial charge in [-0.3, -0.25) is 28.3 Å². The van der Waals surface area contributed by atoms with E-state index in [1.165, 1.54) is 74.5 Å². The van der Waals surface area contributed by atoms with Crippen LogP contribution in [0.5, 0.6) is 0 Å². The van der Waals surface area contributed by atoms with Gasteiger partial charge in [0, 0.05) is 85.7 Å². The van der Waals surface area contributed by atoms with Crippen molar-refractivity contribution in [3.8, 4) is 11.1 Å². The first kappa shape index (κ1) is 61.4. The fourth-order valence-corrected chi connectivity index (χ4v) is 12.0. The number of aryl methyl sites for hydroxylation is 2. The van der Waals surface area contributed by atoms with Gasteiger partial charge in [-0.25, -0.2) is 16.8 Å². The number of sulfonamides is 2. The topological polar surface area (TPSA) is 481 Å². The third-order valence-electron chi connectivity index (χ3n) is 11.1. The number of nitrogens with zero attached hydrogens (tertiary/aromatic N) is 8. The molecule has 80 heavy (non-hydrogen) atoms. The molecule has 0 aliphatic carbocycles. The summed E-state index contributed by atoms with van der Waals surface area (Å²) in [6.07, 6.45) is -1.40. The van der Waals surface area contributed by atoms with Crippen LogP contribution in [-0.4, -0.2) is 131 Å². The second kappa shape index (κ2) is 25.1. The van der Waals surface area contributed by atoms with Gasteiger partial charge >= 0.3 is 0 Å². The van der Waals surface area contributed by atoms with Gasteiger partial charge in [-0.05, 0) is 109 Å². The van der Waals surface area contributed by atoms with Crippen LogP contribution in [0.2, 0.25) is 10.6 Å². The predicted octanol–water partition coefficient (Wildman–Crippen LogP) is 2.60. The number of hydrogen-bond acceptors (Lipinski definition) is 22. The van der Waals surface area contributed by atoms with Gasteiger partial charge in [-0.2, -0.15) is 55.3 Å². The Bertz CT molecular complexity index is 3620. The minimum absolute atomic E-state index is 0.0787. The number of aromatic nitrogens is 6. The molecule has 0 atom stereocenters. The number of benzene rings is 4. The zero-order valence-electron chi connectivity index (χ0n) is 41.7. The maximum Gasteiger partial charge on any atom is 0.295 e. The van der Waals surface area contributed by atoms with Gasteiger partial charge in [-0.1, -0.05) is 12.1 Å². The summed E-state index contributed by atoms with van der Waals surface area (Å²) in [5.41, 5.74) is 20.5. The third kappa shape index (κ3) is 16.2. The normalized spacial score (nSPS) is 12.1. The molecule has 36 heteroatoms. The first-order valence-electron chi connectivity index (χ1n) is 22.8. The van der Waals surface area contributed by atoms with Crippen molar-refractivity contribution in [1.82, 2.24) is 38.5 Å². The van der Waals surface area contributed by atoms with Crippen LogP contribution in [0.25, 0.3) is 11.1 Å². The summed E-state index contributed by atoms with van der Waals surface area (Å²) in [7, 11) is -19.2. The highest BCUT2D eigenvalue weighted by Gasteiger charge is 2.29. The van der Waals surface area contributed by atoms with Gasteiger partial charge in [0.05, 0.1) is 9.79 Å². The molecule has 14 N–H and O–H groups in total. The Kier molecular flexibility index (Phi) is 19.3. The molecule has 0 aliphatic heterocycles. The van der Waals surface area contributed by atoms with E-state index in [1.54, 1.807) is 0 Å². The molecule has 0 radical (unpaired) electrons. The van der Waals surface area contributed by atoms with Gasteiger partial charge in [0.15, 0.2) is 0 Å². The van der Waals surface area contributed by atoms with Crippen LogP contribution in [0.3, 0.4) is 0 Å². The van der Waals surface area contributed by atoms with Crippen molar-refractivity contribution < 1.29 is 62.0 Å². The van der Waals surface area contributed by atoms with Gasteiger partial charge in [-0.15, -0.1) is 0 Å². The summed E-state index contributed by atoms with van der Waals surface area (Å²) in [5, 5.41) is 10.3. The maximum atomic E-state index is 13.6. The van der Waals surface area contributed by atoms with Crippen molar-refractivity contribution in [2.75, 3.05) is 47.4 Å². The van der Waals surface area contributed by atoms with Crippen LogP contribution >= 0.6 is 23.2 Å². The number of halogens is 2. The molecule has 2 heterocycles. The molecule has 0 saturated carbocycles. The molecule has 4 aromatic carbocycles. The highest BCUT2D eigenvalue weighted by atomic mass is 35.5. The zero-order valence-corrected chi connectivity index (χ0v) is 46.4. The van der Waals surface area contributed by atoms with E-state index in [0.29, 0.717) is 0 Å². The molecule has 30 nitrogen and oxygen atoms in total. The molecule has 6 aromatic rings. The Balaban J connectivity index is 1.29. The highest BCUT2D eigenvalue weighted by Crippen LogP contribution is 2.40. The van der Waals surface area contributed by atoms with Crippen LogP contribution < -0.4 is 44.2 Å². The molecule has 0 saturated heterocycles. The van der Waals surface area contributed by atoms with E-state index in [0.717, 1.165) is 20.7 Å². The number of anilines is 8. The molecule has 0 aliphatic rings. The van der Waals surface area contributed by atoms with Crippen molar-refractivity contribution >= 4 is 134 Å². The Morgan fingerprint density at radius 3 is 1.06 bits per heavy atom. The maximum absolute atomic E-state index is 13.6. The highest BCUT2D eigenvalue weighted by molar-refractivity contribution is 7.89. The second-order valence-corrected chi connectivity index (χ2v) is 24.3. The van der Waals surface area contributed by atoms with Crippen molar-refractivity contribution in [1.29, 1.82) is 0 Å². The van der Waals surface area contributed by atoms with Gasteiger partial charge in [0.25, 0.3) is 20.2 Å². The molecule has 0 bridgehead atoms. The Hall–Kier alpha value is -7.80. The van der Waals surface area contributed by atoms with Crippen molar-refractivity contribution in [2.45, 2.75) is 59.1 Å². The van der Waals surface area contributed by atoms with Crippen molar-refractivity contribution in [2.24, 2.45) is 22.9 Å². The third-order valence-corrected chi connectivity index (χ3v) is 17.0. The molecule has 426 valence electrons. The average molecular weight is 1220 g/mol. The van der Waals surface area contributed by atoms with E-state index >= 15 is 0 Å². The average Bonchev–Trinajstić information content (AvgIpc) is 3.54. The SMILES string of the molecule is Cc1cc(-c2cc(C)c(Nc3nc(Cl)nc(Nc4cccc(S(=O)(=O)N(CCC(N)=O)CCC(N)=O)c4)n3)cc2S(=O)(=O)O)c(S(=O)(=O)O)cc1Nc1nc(Cl)nc(Nc2cccc(S(=O)(=O)N(CCC(N)=O)CCC(N)=O)c2)n1. The molecule has 0 unspecified atom stereocenters. The molecule has 6 rings (SSSR count). The van der Waals surface area contributed by atoms with E-state index in [9.17, 15) is 62.0 Å². The van der Waals surface area contributed by atoms with E-state index in [-0.39, 0.29) is 119 Å². The fourth-order valence-electron chi connectivity index (χ4n) is 7.33. The van der Waals surface area contributed by atoms with E-state index in [4.69, 9.17) is 46.1 Å². The lowest BCUT2D eigenvalue weighted by atomic mass is 9.99. The minimum Gasteiger partial charge on any atom is -0.370 e. The lowest BCUT2D eigenvalue weighted by Crippen LogP contribution is -2.36. The standard InChI is InChI=1S/C44H48Cl2N16O14S4/c1-23-17-29(33(79(71,72)73)21-31(23)53-43-57-39(45)55-41(59-43)51-25-5-3-7-27(19-25)77(67,68)61(13-9-35(47)63)14-10-36(48)64)30-18-24(2)32(22-34(30)80(74,75)76)54-44-58-40(46)56-42(60-44)52-26-6-4-8-28(20-26)78(69,70)62(15-11-37(49)65)16-12-38(50)66/h3-8,17-22H,9-16H2,1-2H3,(H2,47,63)(H2,48,64)(H2,49,65)(H2,50,66)(H,71,72,73)(H,74,75,76)(H2,51,53,55,57,59)(H2,52,54,56,58,60). The summed E-state index contributed by atoms with van der Waals surface area (Å²) in [6.45, 7) is 1.52. The number of nitrogens with two attached hydrogens (primary N) is 4. The molecule has 4 amide bonds. The van der Waals surface area contributed by atoms with Crippen LogP contribution in [0.4, 0.5) is 46.5 Å². The lowest BCUT2D eigenvalue weighted by Gasteiger charge is -2.21. The molecular formula is C44H48Cl2N16O14S4. The number of carbonyl (C=O) groups is 4. The number of rotatable bonds is 27. The minimum atomic E-state index is -5.24. The van der Waals surface area contributed by atoms with Gasteiger partial charge in [0.1, 0.15) is 9.79 Å². The van der Waals surface area contributed by atoms with Gasteiger partial charge < -0.3 is 44.2 Å². The van der Waals surface area contributed by atoms with Crippen LogP contribution in [0.1, 0.15) is 36.8 Å². The molecule has 0 fully saturated rings. The smallest absolute Gasteiger partial charge is 0.295 e. The number of hydrogen-bond donors (Lipinski definition) is 10. The van der Waals surface area contributed by atoms with Crippen molar-refractivity contribution in [3.63, 3.8) is 0 Å². The largest absolute Gasteiger partial charge is 0.370 e. The van der Waals surface area contributed by atoms with E-state index < -0.39 is 95.4 Å². The Labute approximate surface area is 466 Å². The van der Waals surface area contributed by atoms with Crippen LogP contribution in [0, 0.1) is 13.8 Å². The van der Waals surface area contributed by atoms with Crippen LogP contribution in [-0.2, 0) is 59.5 Å². The predicted molar refractivity (Wildman–Crippen MR) is 289 cm³/mol. The molecule has 2 aromatic heterocycles. The quantitative estimate of drug-likeness (QED) is 0.0331. The van der Waals surface area contributed by atoms with Crippen molar-refractivity contribution in [3.05, 3.63) is 94.5 Å². The summed E-state index contributed by atoms with van der Waals surface area (Å²) < 4.78 is 130. The van der Waals surface area contributed by atoms with Gasteiger partial charge in [0.2, 0.25) is 78.0 Å². The number of carbonyl (C=O) groups excluding carboxylic acids is 4. The first-order chi connectivity index (χ1) is 37.3. The van der Waals surface area contributed by atoms with E-state index in [1.807, 2.05) is 0 Å². The Morgan fingerprint density at radius 1 is 0.475 bits per heavy atom. The summed E-state index contributed by atoms with van der Waals surface area (Å²) in [4.78, 5) is 68.2. The summed E-state index contributed by atoms with van der Waals surface area (Å²) in [5.74, 6) is -4.32. The molecule has 0 spiro atoms. The fraction of sp³-hybridized carbons (Fsp3) is 0.227. The molecular weight excluding hydrogens is 1180 g/mol. The number of amides is 4. The first-order valence-corrected chi connectivity index (χ1v) is 29.3. The number of primary amides is 4.